The number of benzene rings is 1. The predicted octanol–water partition coefficient (Wildman–Crippen LogP) is 0.536. The van der Waals surface area contributed by atoms with Crippen LogP contribution in [0.4, 0.5) is 0 Å². The molecule has 1 aliphatic heterocycles. The van der Waals surface area contributed by atoms with Crippen LogP contribution in [0.5, 0.6) is 11.5 Å². The number of fused-ring (bicyclic) bond motifs is 1. The summed E-state index contributed by atoms with van der Waals surface area (Å²) in [6.45, 7) is 0.515. The number of nitrogens with two attached hydrogens (primary N) is 1. The third kappa shape index (κ3) is 2.22. The minimum Gasteiger partial charge on any atom is -0.486 e. The van der Waals surface area contributed by atoms with Gasteiger partial charge in [-0.25, -0.2) is 0 Å². The van der Waals surface area contributed by atoms with E-state index in [0.717, 1.165) is 11.5 Å². The Labute approximate surface area is 88.6 Å². The number of hydrogen-bond acceptors (Lipinski definition) is 4. The third-order valence-electron chi connectivity index (χ3n) is 2.47. The van der Waals surface area contributed by atoms with E-state index in [9.17, 15) is 0 Å². The average molecular weight is 209 g/mol. The van der Waals surface area contributed by atoms with Gasteiger partial charge in [-0.3, -0.25) is 0 Å². The Morgan fingerprint density at radius 1 is 1.40 bits per heavy atom. The fraction of sp³-hybridized carbons (Fsp3) is 0.455. The largest absolute Gasteiger partial charge is 0.486 e. The summed E-state index contributed by atoms with van der Waals surface area (Å²) in [5.74, 6) is 1.48. The summed E-state index contributed by atoms with van der Waals surface area (Å²) in [6.07, 6.45) is 0.350. The number of rotatable bonds is 3. The highest BCUT2D eigenvalue weighted by Gasteiger charge is 2.25. The molecule has 2 atom stereocenters. The Morgan fingerprint density at radius 3 is 2.87 bits per heavy atom. The van der Waals surface area contributed by atoms with E-state index in [1.54, 1.807) is 0 Å². The lowest BCUT2D eigenvalue weighted by atomic mass is 10.1. The quantitative estimate of drug-likeness (QED) is 0.762. The molecule has 4 heteroatoms. The molecule has 15 heavy (non-hydrogen) atoms. The van der Waals surface area contributed by atoms with Crippen LogP contribution in [0.3, 0.4) is 0 Å². The Kier molecular flexibility index (Phi) is 3.08. The van der Waals surface area contributed by atoms with Gasteiger partial charge in [-0.1, -0.05) is 12.1 Å². The molecule has 0 bridgehead atoms. The van der Waals surface area contributed by atoms with Crippen molar-refractivity contribution in [1.82, 2.24) is 0 Å². The van der Waals surface area contributed by atoms with Crippen LogP contribution in [0.15, 0.2) is 24.3 Å². The first-order chi connectivity index (χ1) is 7.31. The Hall–Kier alpha value is -1.26. The van der Waals surface area contributed by atoms with Crippen molar-refractivity contribution in [3.8, 4) is 11.5 Å². The van der Waals surface area contributed by atoms with Crippen molar-refractivity contribution >= 4 is 0 Å². The van der Waals surface area contributed by atoms with E-state index in [0.29, 0.717) is 13.0 Å². The van der Waals surface area contributed by atoms with Crippen LogP contribution >= 0.6 is 0 Å². The minimum absolute atomic E-state index is 0.0721. The molecule has 0 spiro atoms. The first kappa shape index (κ1) is 10.3. The molecule has 0 fully saturated rings. The first-order valence-electron chi connectivity index (χ1n) is 5.06. The van der Waals surface area contributed by atoms with Gasteiger partial charge >= 0.3 is 0 Å². The number of hydrogen-bond donors (Lipinski definition) is 2. The second kappa shape index (κ2) is 4.51. The number of para-hydroxylation sites is 2. The molecule has 0 aliphatic carbocycles. The maximum Gasteiger partial charge on any atom is 0.161 e. The summed E-state index contributed by atoms with van der Waals surface area (Å²) in [6, 6.07) is 7.32. The van der Waals surface area contributed by atoms with Crippen molar-refractivity contribution in [2.75, 3.05) is 13.2 Å². The number of ether oxygens (including phenoxy) is 2. The van der Waals surface area contributed by atoms with Gasteiger partial charge in [0.05, 0.1) is 0 Å². The van der Waals surface area contributed by atoms with Crippen LogP contribution in [0.2, 0.25) is 0 Å². The van der Waals surface area contributed by atoms with Crippen LogP contribution in [-0.2, 0) is 0 Å². The molecule has 0 saturated carbocycles. The van der Waals surface area contributed by atoms with E-state index in [2.05, 4.69) is 0 Å². The van der Waals surface area contributed by atoms with Crippen molar-refractivity contribution in [3.63, 3.8) is 0 Å². The van der Waals surface area contributed by atoms with Gasteiger partial charge in [0.2, 0.25) is 0 Å². The molecule has 1 heterocycles. The highest BCUT2D eigenvalue weighted by molar-refractivity contribution is 5.40. The minimum atomic E-state index is -0.191. The predicted molar refractivity (Wildman–Crippen MR) is 56.0 cm³/mol. The van der Waals surface area contributed by atoms with E-state index < -0.39 is 0 Å². The fourth-order valence-electron chi connectivity index (χ4n) is 1.58. The lowest BCUT2D eigenvalue weighted by Crippen LogP contribution is -2.45. The molecule has 1 aromatic carbocycles. The zero-order chi connectivity index (χ0) is 10.7. The van der Waals surface area contributed by atoms with Crippen molar-refractivity contribution in [1.29, 1.82) is 0 Å². The molecule has 1 aliphatic rings. The standard InChI is InChI=1S/C11H15NO3/c12-8(5-6-13)11-7-14-9-3-1-2-4-10(9)15-11/h1-4,8,11,13H,5-7,12H2/t8-,11-/m1/s1. The highest BCUT2D eigenvalue weighted by Crippen LogP contribution is 2.31. The second-order valence-electron chi connectivity index (χ2n) is 3.59. The van der Waals surface area contributed by atoms with Crippen LogP contribution in [0.25, 0.3) is 0 Å². The van der Waals surface area contributed by atoms with Gasteiger partial charge in [0, 0.05) is 12.6 Å². The summed E-state index contributed by atoms with van der Waals surface area (Å²) in [5, 5.41) is 8.79. The Balaban J connectivity index is 2.05. The van der Waals surface area contributed by atoms with E-state index in [1.807, 2.05) is 24.3 Å². The molecule has 0 amide bonds. The van der Waals surface area contributed by atoms with Gasteiger partial charge in [0.25, 0.3) is 0 Å². The third-order valence-corrected chi connectivity index (χ3v) is 2.47. The van der Waals surface area contributed by atoms with Crippen molar-refractivity contribution in [2.24, 2.45) is 5.73 Å². The highest BCUT2D eigenvalue weighted by atomic mass is 16.6. The lowest BCUT2D eigenvalue weighted by Gasteiger charge is -2.29. The van der Waals surface area contributed by atoms with Gasteiger partial charge in [0.15, 0.2) is 11.5 Å². The summed E-state index contributed by atoms with van der Waals surface area (Å²) in [7, 11) is 0. The monoisotopic (exact) mass is 209 g/mol. The van der Waals surface area contributed by atoms with Crippen LogP contribution in [-0.4, -0.2) is 30.5 Å². The smallest absolute Gasteiger partial charge is 0.161 e. The summed E-state index contributed by atoms with van der Waals surface area (Å²) < 4.78 is 11.2. The fourth-order valence-corrected chi connectivity index (χ4v) is 1.58. The normalized spacial score (nSPS) is 21.1. The summed E-state index contributed by atoms with van der Waals surface area (Å²) >= 11 is 0. The van der Waals surface area contributed by atoms with E-state index in [4.69, 9.17) is 20.3 Å². The maximum atomic E-state index is 8.79. The average Bonchev–Trinajstić information content (AvgIpc) is 2.29. The topological polar surface area (TPSA) is 64.7 Å². The van der Waals surface area contributed by atoms with E-state index in [1.165, 1.54) is 0 Å². The maximum absolute atomic E-state index is 8.79. The molecular formula is C11H15NO3. The molecule has 3 N–H and O–H groups in total. The van der Waals surface area contributed by atoms with E-state index in [-0.39, 0.29) is 18.8 Å². The van der Waals surface area contributed by atoms with Gasteiger partial charge in [-0.05, 0) is 18.6 Å². The van der Waals surface area contributed by atoms with Crippen LogP contribution < -0.4 is 15.2 Å². The first-order valence-corrected chi connectivity index (χ1v) is 5.06. The molecule has 82 valence electrons. The second-order valence-corrected chi connectivity index (χ2v) is 3.59. The molecule has 0 radical (unpaired) electrons. The van der Waals surface area contributed by atoms with Crippen molar-refractivity contribution in [2.45, 2.75) is 18.6 Å². The zero-order valence-corrected chi connectivity index (χ0v) is 8.43. The Morgan fingerprint density at radius 2 is 2.13 bits per heavy atom. The summed E-state index contributed by atoms with van der Waals surface area (Å²) in [5.41, 5.74) is 5.85. The van der Waals surface area contributed by atoms with Crippen LogP contribution in [0, 0.1) is 0 Å². The zero-order valence-electron chi connectivity index (χ0n) is 8.43. The van der Waals surface area contributed by atoms with Gasteiger partial charge < -0.3 is 20.3 Å². The molecule has 4 nitrogen and oxygen atoms in total. The molecule has 0 aromatic heterocycles. The molecule has 1 aromatic rings. The Bertz CT molecular complexity index is 329. The molecular weight excluding hydrogens is 194 g/mol. The number of aliphatic hydroxyl groups is 1. The van der Waals surface area contributed by atoms with Crippen molar-refractivity contribution < 1.29 is 14.6 Å². The van der Waals surface area contributed by atoms with E-state index >= 15 is 0 Å². The van der Waals surface area contributed by atoms with Gasteiger partial charge in [0.1, 0.15) is 12.7 Å². The molecule has 0 unspecified atom stereocenters. The molecule has 2 rings (SSSR count). The lowest BCUT2D eigenvalue weighted by molar-refractivity contribution is 0.0651. The van der Waals surface area contributed by atoms with Gasteiger partial charge in [-0.2, -0.15) is 0 Å². The van der Waals surface area contributed by atoms with Crippen LogP contribution in [0.1, 0.15) is 6.42 Å². The van der Waals surface area contributed by atoms with Crippen molar-refractivity contribution in [3.05, 3.63) is 24.3 Å². The molecule has 0 saturated heterocycles. The SMILES string of the molecule is N[C@H](CCO)[C@H]1COc2ccccc2O1. The van der Waals surface area contributed by atoms with Gasteiger partial charge in [-0.15, -0.1) is 0 Å². The number of aliphatic hydroxyl groups excluding tert-OH is 1. The summed E-state index contributed by atoms with van der Waals surface area (Å²) in [4.78, 5) is 0.